The maximum absolute atomic E-state index is 11.9. The molecule has 1 fully saturated rings. The van der Waals surface area contributed by atoms with Gasteiger partial charge in [0.2, 0.25) is 0 Å². The van der Waals surface area contributed by atoms with Gasteiger partial charge in [-0.3, -0.25) is 4.79 Å². The number of nitrogens with zero attached hydrogens (tertiary/aromatic N) is 4. The van der Waals surface area contributed by atoms with Crippen LogP contribution in [-0.2, 0) is 4.79 Å². The SMILES string of the molecule is O=C1CC(C2CCCC2)=NN1c1ccc(Cl)nn1. The summed E-state index contributed by atoms with van der Waals surface area (Å²) in [5, 5.41) is 13.7. The Morgan fingerprint density at radius 3 is 2.67 bits per heavy atom. The van der Waals surface area contributed by atoms with Crippen LogP contribution < -0.4 is 5.01 Å². The monoisotopic (exact) mass is 264 g/mol. The molecular formula is C12H13ClN4O. The van der Waals surface area contributed by atoms with Crippen molar-refractivity contribution in [2.45, 2.75) is 32.1 Å². The van der Waals surface area contributed by atoms with E-state index in [0.717, 1.165) is 18.6 Å². The molecule has 1 aromatic heterocycles. The summed E-state index contributed by atoms with van der Waals surface area (Å²) in [7, 11) is 0. The number of halogens is 1. The highest BCUT2D eigenvalue weighted by Crippen LogP contribution is 2.30. The molecule has 2 aliphatic rings. The highest BCUT2D eigenvalue weighted by atomic mass is 35.5. The maximum atomic E-state index is 11.9. The number of hydrogen-bond acceptors (Lipinski definition) is 4. The molecule has 1 aliphatic carbocycles. The third-order valence-corrected chi connectivity index (χ3v) is 3.66. The van der Waals surface area contributed by atoms with Gasteiger partial charge in [0.15, 0.2) is 11.0 Å². The van der Waals surface area contributed by atoms with Crippen LogP contribution in [0.1, 0.15) is 32.1 Å². The Balaban J connectivity index is 1.83. The van der Waals surface area contributed by atoms with Gasteiger partial charge in [0.25, 0.3) is 5.91 Å². The first-order valence-electron chi connectivity index (χ1n) is 6.13. The average Bonchev–Trinajstić information content (AvgIpc) is 2.99. The molecule has 0 N–H and O–H groups in total. The molecule has 0 atom stereocenters. The number of hydrogen-bond donors (Lipinski definition) is 0. The Kier molecular flexibility index (Phi) is 2.99. The zero-order valence-electron chi connectivity index (χ0n) is 9.84. The molecule has 2 heterocycles. The lowest BCUT2D eigenvalue weighted by Crippen LogP contribution is -2.20. The molecule has 0 bridgehead atoms. The van der Waals surface area contributed by atoms with Crippen LogP contribution in [0.25, 0.3) is 0 Å². The van der Waals surface area contributed by atoms with Crippen molar-refractivity contribution >= 4 is 29.0 Å². The van der Waals surface area contributed by atoms with E-state index < -0.39 is 0 Å². The summed E-state index contributed by atoms with van der Waals surface area (Å²) in [4.78, 5) is 11.9. The van der Waals surface area contributed by atoms with Crippen molar-refractivity contribution in [1.29, 1.82) is 0 Å². The number of hydrazone groups is 1. The summed E-state index contributed by atoms with van der Waals surface area (Å²) < 4.78 is 0. The van der Waals surface area contributed by atoms with E-state index in [9.17, 15) is 4.79 Å². The maximum Gasteiger partial charge on any atom is 0.254 e. The van der Waals surface area contributed by atoms with Crippen molar-refractivity contribution in [3.05, 3.63) is 17.3 Å². The van der Waals surface area contributed by atoms with E-state index >= 15 is 0 Å². The van der Waals surface area contributed by atoms with Gasteiger partial charge in [-0.15, -0.1) is 10.2 Å². The van der Waals surface area contributed by atoms with Crippen molar-refractivity contribution < 1.29 is 4.79 Å². The number of rotatable bonds is 2. The van der Waals surface area contributed by atoms with Crippen LogP contribution in [-0.4, -0.2) is 21.8 Å². The van der Waals surface area contributed by atoms with Gasteiger partial charge in [-0.2, -0.15) is 10.1 Å². The van der Waals surface area contributed by atoms with Gasteiger partial charge in [-0.05, 0) is 30.9 Å². The fourth-order valence-electron chi connectivity index (χ4n) is 2.54. The molecule has 1 aromatic rings. The largest absolute Gasteiger partial charge is 0.272 e. The fraction of sp³-hybridized carbons (Fsp3) is 0.500. The van der Waals surface area contributed by atoms with E-state index in [2.05, 4.69) is 15.3 Å². The van der Waals surface area contributed by atoms with Gasteiger partial charge in [0.05, 0.1) is 12.1 Å². The molecule has 18 heavy (non-hydrogen) atoms. The quantitative estimate of drug-likeness (QED) is 0.824. The number of amides is 1. The van der Waals surface area contributed by atoms with Gasteiger partial charge in [-0.25, -0.2) is 0 Å². The summed E-state index contributed by atoms with van der Waals surface area (Å²) >= 11 is 5.67. The molecule has 0 radical (unpaired) electrons. The van der Waals surface area contributed by atoms with Crippen molar-refractivity contribution in [1.82, 2.24) is 10.2 Å². The summed E-state index contributed by atoms with van der Waals surface area (Å²) in [6.07, 6.45) is 5.17. The average molecular weight is 265 g/mol. The third kappa shape index (κ3) is 2.10. The Labute approximate surface area is 110 Å². The van der Waals surface area contributed by atoms with Crippen LogP contribution in [0.5, 0.6) is 0 Å². The predicted octanol–water partition coefficient (Wildman–Crippen LogP) is 2.41. The molecule has 0 unspecified atom stereocenters. The smallest absolute Gasteiger partial charge is 0.254 e. The molecule has 3 rings (SSSR count). The van der Waals surface area contributed by atoms with Crippen LogP contribution >= 0.6 is 11.6 Å². The Hall–Kier alpha value is -1.49. The number of anilines is 1. The molecule has 1 amide bonds. The van der Waals surface area contributed by atoms with Crippen LogP contribution in [0.15, 0.2) is 17.2 Å². The molecule has 6 heteroatoms. The Morgan fingerprint density at radius 1 is 1.22 bits per heavy atom. The van der Waals surface area contributed by atoms with Crippen molar-refractivity contribution in [2.75, 3.05) is 5.01 Å². The number of aromatic nitrogens is 2. The molecule has 94 valence electrons. The molecule has 1 aliphatic heterocycles. The standard InChI is InChI=1S/C12H13ClN4O/c13-10-5-6-11(15-14-10)17-12(18)7-9(16-17)8-3-1-2-4-8/h5-6,8H,1-4,7H2. The summed E-state index contributed by atoms with van der Waals surface area (Å²) in [5.41, 5.74) is 0.995. The van der Waals surface area contributed by atoms with Gasteiger partial charge in [-0.1, -0.05) is 24.4 Å². The molecule has 5 nitrogen and oxygen atoms in total. The third-order valence-electron chi connectivity index (χ3n) is 3.46. The van der Waals surface area contributed by atoms with Crippen LogP contribution in [0.3, 0.4) is 0 Å². The van der Waals surface area contributed by atoms with Gasteiger partial charge in [0.1, 0.15) is 0 Å². The summed E-state index contributed by atoms with van der Waals surface area (Å²) in [6, 6.07) is 3.27. The molecule has 0 saturated heterocycles. The highest BCUT2D eigenvalue weighted by Gasteiger charge is 2.32. The minimum atomic E-state index is -0.0338. The number of carbonyl (C=O) groups excluding carboxylic acids is 1. The highest BCUT2D eigenvalue weighted by molar-refractivity contribution is 6.29. The molecule has 0 spiro atoms. The van der Waals surface area contributed by atoms with Gasteiger partial charge in [0, 0.05) is 0 Å². The van der Waals surface area contributed by atoms with E-state index in [4.69, 9.17) is 11.6 Å². The second kappa shape index (κ2) is 4.65. The molecular weight excluding hydrogens is 252 g/mol. The normalized spacial score (nSPS) is 20.6. The lowest BCUT2D eigenvalue weighted by atomic mass is 10.00. The van der Waals surface area contributed by atoms with Crippen molar-refractivity contribution in [3.8, 4) is 0 Å². The molecule has 0 aromatic carbocycles. The summed E-state index contributed by atoms with van der Waals surface area (Å²) in [5.74, 6) is 0.880. The Bertz CT molecular complexity index is 493. The van der Waals surface area contributed by atoms with Crippen LogP contribution in [0.4, 0.5) is 5.82 Å². The fourth-order valence-corrected chi connectivity index (χ4v) is 2.64. The van der Waals surface area contributed by atoms with Crippen LogP contribution in [0, 0.1) is 5.92 Å². The van der Waals surface area contributed by atoms with Gasteiger partial charge >= 0.3 is 0 Å². The first-order chi connectivity index (χ1) is 8.74. The topological polar surface area (TPSA) is 58.5 Å². The first-order valence-corrected chi connectivity index (χ1v) is 6.51. The van der Waals surface area contributed by atoms with Crippen molar-refractivity contribution in [3.63, 3.8) is 0 Å². The predicted molar refractivity (Wildman–Crippen MR) is 68.5 cm³/mol. The minimum absolute atomic E-state index is 0.0338. The number of carbonyl (C=O) groups is 1. The minimum Gasteiger partial charge on any atom is -0.272 e. The second-order valence-corrected chi connectivity index (χ2v) is 5.06. The zero-order valence-corrected chi connectivity index (χ0v) is 10.6. The van der Waals surface area contributed by atoms with E-state index in [-0.39, 0.29) is 5.91 Å². The van der Waals surface area contributed by atoms with Gasteiger partial charge < -0.3 is 0 Å². The zero-order chi connectivity index (χ0) is 12.5. The lowest BCUT2D eigenvalue weighted by molar-refractivity contribution is -0.117. The molecule has 1 saturated carbocycles. The van der Waals surface area contributed by atoms with Crippen LogP contribution in [0.2, 0.25) is 5.15 Å². The van der Waals surface area contributed by atoms with E-state index in [0.29, 0.717) is 23.3 Å². The Morgan fingerprint density at radius 2 is 2.00 bits per heavy atom. The van der Waals surface area contributed by atoms with E-state index in [1.807, 2.05) is 0 Å². The van der Waals surface area contributed by atoms with E-state index in [1.54, 1.807) is 12.1 Å². The van der Waals surface area contributed by atoms with Crippen molar-refractivity contribution in [2.24, 2.45) is 11.0 Å². The lowest BCUT2D eigenvalue weighted by Gasteiger charge is -2.09. The second-order valence-electron chi connectivity index (χ2n) is 4.67. The summed E-state index contributed by atoms with van der Waals surface area (Å²) in [6.45, 7) is 0. The first kappa shape index (κ1) is 11.6. The van der Waals surface area contributed by atoms with E-state index in [1.165, 1.54) is 17.9 Å².